The van der Waals surface area contributed by atoms with Gasteiger partial charge in [-0.05, 0) is 79.9 Å². The molecule has 1 aliphatic carbocycles. The molecule has 2 unspecified atom stereocenters. The van der Waals surface area contributed by atoms with E-state index >= 15 is 8.78 Å². The Labute approximate surface area is 392 Å². The second-order valence-electron chi connectivity index (χ2n) is 15.7. The molecule has 0 saturated heterocycles. The van der Waals surface area contributed by atoms with Crippen LogP contribution in [-0.4, -0.2) is 96.3 Å². The number of amides is 3. The molecule has 1 saturated carbocycles. The van der Waals surface area contributed by atoms with E-state index in [1.165, 1.54) is 50.6 Å². The number of hydrogen-bond donors (Lipinski definition) is 4. The van der Waals surface area contributed by atoms with Gasteiger partial charge in [0.2, 0.25) is 5.91 Å². The molecule has 366 valence electrons. The number of aliphatic imine (C=N–C) groups is 1. The number of fused-ring (bicyclic) bond motifs is 1. The van der Waals surface area contributed by atoms with Crippen molar-refractivity contribution in [3.05, 3.63) is 87.3 Å². The number of alkyl halides is 8. The molecule has 5 rings (SSSR count). The first kappa shape index (κ1) is 53.1. The number of anilines is 1. The van der Waals surface area contributed by atoms with Gasteiger partial charge in [0.1, 0.15) is 53.1 Å². The molecule has 1 fully saturated rings. The van der Waals surface area contributed by atoms with E-state index in [2.05, 4.69) is 37.5 Å². The SMILES string of the molecule is CSN(C(=O)NCC(=O)O)c1nn(CC(F)(F)F)c2c(-c3ccc(C#CC(C)(C)S(C)=O)nc3C(Cc3cc(F)cc(F)c3)NC(=O)CN=C3C(=C(N)C(F)(F)F)[C@@H](C)CC3(F)F)ccc(Cl)c12. The van der Waals surface area contributed by atoms with Gasteiger partial charge < -0.3 is 21.5 Å². The average molecular weight is 1030 g/mol. The number of carbonyl (C=O) groups excluding carboxylic acids is 2. The Morgan fingerprint density at radius 3 is 2.29 bits per heavy atom. The van der Waals surface area contributed by atoms with E-state index < -0.39 is 136 Å². The zero-order valence-electron chi connectivity index (χ0n) is 36.1. The largest absolute Gasteiger partial charge is 0.480 e. The molecular weight excluding hydrogens is 986 g/mol. The van der Waals surface area contributed by atoms with Gasteiger partial charge in [0.15, 0.2) is 5.82 Å². The maximum Gasteiger partial charge on any atom is 0.431 e. The zero-order valence-corrected chi connectivity index (χ0v) is 38.5. The van der Waals surface area contributed by atoms with Gasteiger partial charge in [-0.25, -0.2) is 22.9 Å². The number of halogens is 11. The Kier molecular flexibility index (Phi) is 15.9. The number of carboxylic acids is 1. The van der Waals surface area contributed by atoms with Crippen molar-refractivity contribution in [2.45, 2.75) is 69.2 Å². The number of carboxylic acid groups (broad SMARTS) is 1. The summed E-state index contributed by atoms with van der Waals surface area (Å²) in [5, 5.41) is 17.2. The number of nitrogens with one attached hydrogen (secondary N) is 2. The predicted octanol–water partition coefficient (Wildman–Crippen LogP) is 8.27. The average Bonchev–Trinajstić information content (AvgIpc) is 3.68. The fraction of sp³-hybridized carbons (Fsp3) is 0.381. The minimum absolute atomic E-state index is 0.123. The highest BCUT2D eigenvalue weighted by molar-refractivity contribution is 8.00. The predicted molar refractivity (Wildman–Crippen MR) is 235 cm³/mol. The number of urea groups is 1. The summed E-state index contributed by atoms with van der Waals surface area (Å²) < 4.78 is 157. The van der Waals surface area contributed by atoms with E-state index in [-0.39, 0.29) is 38.5 Å². The highest BCUT2D eigenvalue weighted by Gasteiger charge is 2.52. The molecule has 1 aliphatic rings. The monoisotopic (exact) mass is 1020 g/mol. The first-order valence-corrected chi connectivity index (χ1v) is 22.8. The van der Waals surface area contributed by atoms with Gasteiger partial charge in [-0.3, -0.25) is 23.5 Å². The maximum atomic E-state index is 15.2. The molecule has 4 aromatic rings. The van der Waals surface area contributed by atoms with Crippen LogP contribution in [0.5, 0.6) is 0 Å². The number of pyridine rings is 1. The number of aliphatic carboxylic acids is 1. The van der Waals surface area contributed by atoms with Gasteiger partial charge in [0.25, 0.3) is 5.92 Å². The first-order valence-electron chi connectivity index (χ1n) is 19.7. The van der Waals surface area contributed by atoms with Crippen molar-refractivity contribution in [3.8, 4) is 23.0 Å². The third kappa shape index (κ3) is 12.4. The molecule has 26 heteroatoms. The highest BCUT2D eigenvalue weighted by Crippen LogP contribution is 2.45. The lowest BCUT2D eigenvalue weighted by molar-refractivity contribution is -0.142. The number of nitrogens with zero attached hydrogens (tertiary/aromatic N) is 5. The summed E-state index contributed by atoms with van der Waals surface area (Å²) >= 11 is 7.25. The van der Waals surface area contributed by atoms with E-state index in [0.717, 1.165) is 23.4 Å². The summed E-state index contributed by atoms with van der Waals surface area (Å²) in [6, 6.07) is 4.47. The standard InChI is InChI=1S/C42H39ClF10N8O5S2/c1-20-16-40(46,47)36(31(20)35(54)42(51,52)53)55-17-29(62)58-28(14-21-12-22(44)15-23(45)13-21)33-25(7-6-24(57-33)10-11-39(2,3)68(5)66)26-8-9-27(43)32-34(26)60(19-41(48,49)50)59-37(32)61(67-4)38(65)56-18-30(63)64/h6-9,12-13,15,20,28H,14,16-19,54H2,1-5H3,(H,56,65)(H,58,62)(H,63,64)/t20-,28?,68?/m0/s1. The second kappa shape index (κ2) is 20.4. The number of carbonyl (C=O) groups is 3. The van der Waals surface area contributed by atoms with Crippen LogP contribution in [0.2, 0.25) is 5.02 Å². The normalized spacial score (nSPS) is 17.4. The second-order valence-corrected chi connectivity index (χ2v) is 18.8. The van der Waals surface area contributed by atoms with Crippen molar-refractivity contribution in [3.63, 3.8) is 0 Å². The van der Waals surface area contributed by atoms with Crippen molar-refractivity contribution in [1.29, 1.82) is 0 Å². The van der Waals surface area contributed by atoms with E-state index in [1.54, 1.807) is 0 Å². The van der Waals surface area contributed by atoms with Crippen molar-refractivity contribution in [1.82, 2.24) is 25.4 Å². The summed E-state index contributed by atoms with van der Waals surface area (Å²) in [5.41, 5.74) is -0.368. The number of nitrogens with two attached hydrogens (primary N) is 1. The number of hydrogen-bond acceptors (Lipinski definition) is 9. The van der Waals surface area contributed by atoms with E-state index in [1.807, 2.05) is 0 Å². The summed E-state index contributed by atoms with van der Waals surface area (Å²) in [5.74, 6) is -5.27. The molecule has 0 bridgehead atoms. The smallest absolute Gasteiger partial charge is 0.431 e. The molecule has 68 heavy (non-hydrogen) atoms. The molecule has 0 aliphatic heterocycles. The third-order valence-electron chi connectivity index (χ3n) is 10.2. The van der Waals surface area contributed by atoms with Gasteiger partial charge in [-0.2, -0.15) is 40.2 Å². The Balaban J connectivity index is 1.81. The van der Waals surface area contributed by atoms with Gasteiger partial charge in [-0.1, -0.05) is 30.5 Å². The minimum Gasteiger partial charge on any atom is -0.480 e. The first-order chi connectivity index (χ1) is 31.4. The van der Waals surface area contributed by atoms with E-state index in [0.29, 0.717) is 22.7 Å². The van der Waals surface area contributed by atoms with Gasteiger partial charge in [0.05, 0.1) is 27.7 Å². The summed E-state index contributed by atoms with van der Waals surface area (Å²) in [6.45, 7) is 0.151. The van der Waals surface area contributed by atoms with Crippen LogP contribution in [0, 0.1) is 29.4 Å². The number of aromatic nitrogens is 3. The van der Waals surface area contributed by atoms with Crippen LogP contribution in [0.25, 0.3) is 22.0 Å². The molecule has 2 heterocycles. The molecule has 3 amide bonds. The number of benzene rings is 2. The van der Waals surface area contributed by atoms with Crippen LogP contribution in [0.3, 0.4) is 0 Å². The maximum absolute atomic E-state index is 15.2. The summed E-state index contributed by atoms with van der Waals surface area (Å²) in [4.78, 5) is 46.5. The quantitative estimate of drug-likeness (QED) is 0.0582. The van der Waals surface area contributed by atoms with Crippen molar-refractivity contribution < 1.29 is 67.6 Å². The van der Waals surface area contributed by atoms with Crippen LogP contribution in [-0.2, 0) is 33.4 Å². The minimum atomic E-state index is -5.25. The number of rotatable bonds is 13. The fourth-order valence-electron chi connectivity index (χ4n) is 7.05. The van der Waals surface area contributed by atoms with Crippen molar-refractivity contribution in [2.75, 3.05) is 29.9 Å². The molecule has 2 aromatic heterocycles. The van der Waals surface area contributed by atoms with Gasteiger partial charge >= 0.3 is 24.4 Å². The Morgan fingerprint density at radius 1 is 1.09 bits per heavy atom. The van der Waals surface area contributed by atoms with Gasteiger partial charge in [0, 0.05) is 52.5 Å². The third-order valence-corrected chi connectivity index (χ3v) is 12.7. The van der Waals surface area contributed by atoms with Crippen LogP contribution in [0.4, 0.5) is 54.5 Å². The molecule has 2 aromatic carbocycles. The summed E-state index contributed by atoms with van der Waals surface area (Å²) in [7, 11) is -1.54. The molecule has 13 nitrogen and oxygen atoms in total. The lowest BCUT2D eigenvalue weighted by atomic mass is 9.93. The van der Waals surface area contributed by atoms with Crippen LogP contribution < -0.4 is 20.7 Å². The summed E-state index contributed by atoms with van der Waals surface area (Å²) in [6.07, 6.45) is -9.27. The van der Waals surface area contributed by atoms with Crippen LogP contribution >= 0.6 is 23.5 Å². The molecular formula is C42H39ClF10N8O5S2. The lowest BCUT2D eigenvalue weighted by Gasteiger charge is -2.23. The van der Waals surface area contributed by atoms with Gasteiger partial charge in [-0.15, -0.1) is 0 Å². The Hall–Kier alpha value is -5.87. The van der Waals surface area contributed by atoms with Crippen LogP contribution in [0.1, 0.15) is 50.2 Å². The van der Waals surface area contributed by atoms with E-state index in [4.69, 9.17) is 22.4 Å². The Morgan fingerprint density at radius 2 is 1.72 bits per heavy atom. The van der Waals surface area contributed by atoms with Crippen molar-refractivity contribution in [2.24, 2.45) is 16.6 Å². The Bertz CT molecular complexity index is 2780. The highest BCUT2D eigenvalue weighted by atomic mass is 35.5. The molecule has 3 atom stereocenters. The molecule has 0 spiro atoms. The lowest BCUT2D eigenvalue weighted by Crippen LogP contribution is -2.38. The fourth-order valence-corrected chi connectivity index (χ4v) is 8.01. The molecule has 5 N–H and O–H groups in total. The topological polar surface area (TPSA) is 185 Å². The molecule has 0 radical (unpaired) electrons. The van der Waals surface area contributed by atoms with E-state index in [9.17, 15) is 53.7 Å². The number of allylic oxidation sites excluding steroid dienone is 2. The van der Waals surface area contributed by atoms with Crippen molar-refractivity contribution >= 4 is 74.7 Å². The van der Waals surface area contributed by atoms with Crippen LogP contribution in [0.15, 0.2) is 58.7 Å². The zero-order chi connectivity index (χ0) is 50.8.